The van der Waals surface area contributed by atoms with Crippen molar-refractivity contribution in [3.05, 3.63) is 84.1 Å². The number of hydrogen-bond acceptors (Lipinski definition) is 4. The quantitative estimate of drug-likeness (QED) is 0.716. The second kappa shape index (κ2) is 5.93. The molecule has 4 nitrogen and oxygen atoms in total. The van der Waals surface area contributed by atoms with Gasteiger partial charge in [-0.2, -0.15) is 0 Å². The second-order valence-electron chi connectivity index (χ2n) is 5.11. The topological polar surface area (TPSA) is 43.7 Å². The van der Waals surface area contributed by atoms with E-state index in [1.165, 1.54) is 0 Å². The van der Waals surface area contributed by atoms with Gasteiger partial charge in [0.1, 0.15) is 12.4 Å². The third kappa shape index (κ3) is 2.79. The van der Waals surface area contributed by atoms with Crippen molar-refractivity contribution in [2.75, 3.05) is 0 Å². The van der Waals surface area contributed by atoms with E-state index in [1.807, 2.05) is 66.7 Å². The third-order valence-electron chi connectivity index (χ3n) is 3.54. The van der Waals surface area contributed by atoms with Gasteiger partial charge in [-0.15, -0.1) is 0 Å². The number of pyridine rings is 1. The highest BCUT2D eigenvalue weighted by Gasteiger charge is 2.18. The zero-order valence-corrected chi connectivity index (χ0v) is 12.3. The van der Waals surface area contributed by atoms with Crippen LogP contribution in [0.1, 0.15) is 11.1 Å². The second-order valence-corrected chi connectivity index (χ2v) is 5.11. The van der Waals surface area contributed by atoms with Crippen LogP contribution in [0, 0.1) is 0 Å². The number of nitrogens with zero attached hydrogens (tertiary/aromatic N) is 2. The van der Waals surface area contributed by atoms with Gasteiger partial charge in [0.25, 0.3) is 0 Å². The van der Waals surface area contributed by atoms with Crippen LogP contribution in [0.3, 0.4) is 0 Å². The third-order valence-corrected chi connectivity index (χ3v) is 3.54. The first-order valence-electron chi connectivity index (χ1n) is 7.38. The van der Waals surface area contributed by atoms with Crippen LogP contribution in [-0.2, 0) is 11.3 Å². The minimum Gasteiger partial charge on any atom is -0.472 e. The van der Waals surface area contributed by atoms with E-state index in [0.717, 1.165) is 22.6 Å². The summed E-state index contributed by atoms with van der Waals surface area (Å²) in [6, 6.07) is 21.2. The molecular formula is C19H14N2O2. The van der Waals surface area contributed by atoms with Gasteiger partial charge in [0.15, 0.2) is 0 Å². The first kappa shape index (κ1) is 13.5. The Morgan fingerprint density at radius 1 is 0.870 bits per heavy atom. The summed E-state index contributed by atoms with van der Waals surface area (Å²) in [5.74, 6) is 1.74. The van der Waals surface area contributed by atoms with Crippen molar-refractivity contribution in [1.82, 2.24) is 4.98 Å². The molecule has 1 aliphatic rings. The molecule has 0 amide bonds. The van der Waals surface area contributed by atoms with Gasteiger partial charge in [0, 0.05) is 11.8 Å². The molecular weight excluding hydrogens is 288 g/mol. The summed E-state index contributed by atoms with van der Waals surface area (Å²) in [5.41, 5.74) is 2.74. The number of rotatable bonds is 3. The average molecular weight is 302 g/mol. The molecule has 1 aromatic heterocycles. The number of para-hydroxylation sites is 2. The number of benzene rings is 2. The lowest BCUT2D eigenvalue weighted by molar-refractivity contribution is 0.287. The standard InChI is InChI=1S/C19H14N2O2/c1-2-8-15(9-3-1)23-18-16(10-6-12-20-18)19-21-17-11-5-4-7-14(17)13-22-19/h1-12H,13H2. The predicted molar refractivity (Wildman–Crippen MR) is 88.2 cm³/mol. The first-order valence-corrected chi connectivity index (χ1v) is 7.38. The first-order chi connectivity index (χ1) is 11.4. The van der Waals surface area contributed by atoms with Crippen molar-refractivity contribution in [1.29, 1.82) is 0 Å². The van der Waals surface area contributed by atoms with E-state index in [4.69, 9.17) is 9.47 Å². The molecule has 3 aromatic rings. The molecule has 0 spiro atoms. The zero-order valence-electron chi connectivity index (χ0n) is 12.3. The lowest BCUT2D eigenvalue weighted by Crippen LogP contribution is -2.12. The van der Waals surface area contributed by atoms with Crippen LogP contribution in [0.25, 0.3) is 0 Å². The summed E-state index contributed by atoms with van der Waals surface area (Å²) in [6.07, 6.45) is 1.69. The molecule has 4 rings (SSSR count). The SMILES string of the molecule is c1ccc(Oc2ncccc2C2=Nc3ccccc3CO2)cc1. The van der Waals surface area contributed by atoms with Gasteiger partial charge < -0.3 is 9.47 Å². The van der Waals surface area contributed by atoms with E-state index >= 15 is 0 Å². The summed E-state index contributed by atoms with van der Waals surface area (Å²) < 4.78 is 11.7. The lowest BCUT2D eigenvalue weighted by atomic mass is 10.1. The molecule has 0 aliphatic carbocycles. The molecule has 0 saturated carbocycles. The lowest BCUT2D eigenvalue weighted by Gasteiger charge is -2.18. The molecule has 2 aromatic carbocycles. The van der Waals surface area contributed by atoms with Crippen LogP contribution in [0.2, 0.25) is 0 Å². The highest BCUT2D eigenvalue weighted by Crippen LogP contribution is 2.29. The fourth-order valence-corrected chi connectivity index (χ4v) is 2.40. The Labute approximate surface area is 134 Å². The van der Waals surface area contributed by atoms with Gasteiger partial charge in [-0.1, -0.05) is 36.4 Å². The van der Waals surface area contributed by atoms with Gasteiger partial charge in [-0.25, -0.2) is 9.98 Å². The van der Waals surface area contributed by atoms with Crippen molar-refractivity contribution in [2.24, 2.45) is 4.99 Å². The number of aromatic nitrogens is 1. The number of aliphatic imine (C=N–C) groups is 1. The van der Waals surface area contributed by atoms with Crippen LogP contribution < -0.4 is 4.74 Å². The Kier molecular flexibility index (Phi) is 3.48. The minimum atomic E-state index is 0.483. The molecule has 2 heterocycles. The Morgan fingerprint density at radius 3 is 2.61 bits per heavy atom. The fourth-order valence-electron chi connectivity index (χ4n) is 2.40. The average Bonchev–Trinajstić information content (AvgIpc) is 2.63. The molecule has 4 heteroatoms. The number of ether oxygens (including phenoxy) is 2. The van der Waals surface area contributed by atoms with Crippen LogP contribution in [0.15, 0.2) is 77.9 Å². The fraction of sp³-hybridized carbons (Fsp3) is 0.0526. The molecule has 0 N–H and O–H groups in total. The van der Waals surface area contributed by atoms with Crippen molar-refractivity contribution in [3.8, 4) is 11.6 Å². The molecule has 0 bridgehead atoms. The Bertz CT molecular complexity index is 860. The smallest absolute Gasteiger partial charge is 0.231 e. The van der Waals surface area contributed by atoms with Crippen molar-refractivity contribution in [2.45, 2.75) is 6.61 Å². The van der Waals surface area contributed by atoms with E-state index in [9.17, 15) is 0 Å². The molecule has 0 unspecified atom stereocenters. The van der Waals surface area contributed by atoms with E-state index in [-0.39, 0.29) is 0 Å². The number of hydrogen-bond donors (Lipinski definition) is 0. The highest BCUT2D eigenvalue weighted by molar-refractivity contribution is 5.98. The van der Waals surface area contributed by atoms with Crippen LogP contribution >= 0.6 is 0 Å². The minimum absolute atomic E-state index is 0.483. The Morgan fingerprint density at radius 2 is 1.70 bits per heavy atom. The maximum atomic E-state index is 5.88. The molecule has 0 fully saturated rings. The molecule has 1 aliphatic heterocycles. The van der Waals surface area contributed by atoms with Gasteiger partial charge >= 0.3 is 0 Å². The van der Waals surface area contributed by atoms with Gasteiger partial charge in [-0.3, -0.25) is 0 Å². The maximum absolute atomic E-state index is 5.88. The van der Waals surface area contributed by atoms with Crippen LogP contribution in [0.5, 0.6) is 11.6 Å². The van der Waals surface area contributed by atoms with Crippen LogP contribution in [-0.4, -0.2) is 10.9 Å². The molecule has 23 heavy (non-hydrogen) atoms. The molecule has 0 saturated heterocycles. The summed E-state index contributed by atoms with van der Waals surface area (Å²) in [5, 5.41) is 0. The molecule has 112 valence electrons. The monoisotopic (exact) mass is 302 g/mol. The number of fused-ring (bicyclic) bond motifs is 1. The van der Waals surface area contributed by atoms with Gasteiger partial charge in [0.05, 0.1) is 11.3 Å². The van der Waals surface area contributed by atoms with Crippen molar-refractivity contribution < 1.29 is 9.47 Å². The Balaban J connectivity index is 1.72. The summed E-state index contributed by atoms with van der Waals surface area (Å²) in [7, 11) is 0. The largest absolute Gasteiger partial charge is 0.472 e. The van der Waals surface area contributed by atoms with Crippen molar-refractivity contribution in [3.63, 3.8) is 0 Å². The van der Waals surface area contributed by atoms with E-state index in [1.54, 1.807) is 6.20 Å². The van der Waals surface area contributed by atoms with E-state index < -0.39 is 0 Å². The van der Waals surface area contributed by atoms with E-state index in [2.05, 4.69) is 9.98 Å². The highest BCUT2D eigenvalue weighted by atomic mass is 16.5. The zero-order chi connectivity index (χ0) is 15.5. The van der Waals surface area contributed by atoms with Gasteiger partial charge in [-0.05, 0) is 30.3 Å². The molecule has 0 radical (unpaired) electrons. The normalized spacial score (nSPS) is 12.8. The van der Waals surface area contributed by atoms with Gasteiger partial charge in [0.2, 0.25) is 11.8 Å². The summed E-state index contributed by atoms with van der Waals surface area (Å²) in [6.45, 7) is 0.495. The predicted octanol–water partition coefficient (Wildman–Crippen LogP) is 4.48. The maximum Gasteiger partial charge on any atom is 0.231 e. The summed E-state index contributed by atoms with van der Waals surface area (Å²) >= 11 is 0. The Hall–Kier alpha value is -3.14. The van der Waals surface area contributed by atoms with E-state index in [0.29, 0.717) is 18.4 Å². The summed E-state index contributed by atoms with van der Waals surface area (Å²) in [4.78, 5) is 8.91. The molecule has 0 atom stereocenters. The van der Waals surface area contributed by atoms with Crippen molar-refractivity contribution >= 4 is 11.6 Å². The van der Waals surface area contributed by atoms with Crippen LogP contribution in [0.4, 0.5) is 5.69 Å².